The van der Waals surface area contributed by atoms with Crippen molar-refractivity contribution in [1.82, 2.24) is 15.0 Å². The third-order valence-electron chi connectivity index (χ3n) is 3.73. The van der Waals surface area contributed by atoms with E-state index in [2.05, 4.69) is 15.0 Å². The van der Waals surface area contributed by atoms with Crippen LogP contribution in [0.4, 0.5) is 0 Å². The van der Waals surface area contributed by atoms with Crippen molar-refractivity contribution in [3.63, 3.8) is 0 Å². The lowest BCUT2D eigenvalue weighted by Gasteiger charge is -2.01. The van der Waals surface area contributed by atoms with Crippen LogP contribution in [0, 0.1) is 0 Å². The highest BCUT2D eigenvalue weighted by atomic mass is 16.5. The number of nitrogens with one attached hydrogen (secondary N) is 2. The van der Waals surface area contributed by atoms with Gasteiger partial charge < -0.3 is 14.7 Å². The number of benzene rings is 1. The number of aromatic nitrogens is 3. The number of methoxy groups -OCH3 is 1. The fraction of sp³-hybridized carbons (Fsp3) is 0.0588. The number of nitrogens with zero attached hydrogens (tertiary/aromatic N) is 1. The molecule has 0 amide bonds. The van der Waals surface area contributed by atoms with Crippen molar-refractivity contribution in [2.75, 3.05) is 7.11 Å². The second kappa shape index (κ2) is 4.73. The largest absolute Gasteiger partial charge is 0.481 e. The van der Waals surface area contributed by atoms with Crippen LogP contribution in [0.5, 0.6) is 5.88 Å². The van der Waals surface area contributed by atoms with E-state index in [0.29, 0.717) is 11.4 Å². The topological polar surface area (TPSA) is 70.8 Å². The first-order valence-electron chi connectivity index (χ1n) is 6.90. The molecule has 5 nitrogen and oxygen atoms in total. The van der Waals surface area contributed by atoms with Gasteiger partial charge >= 0.3 is 0 Å². The Morgan fingerprint density at radius 3 is 2.73 bits per heavy atom. The number of ether oxygens (including phenoxy) is 1. The molecule has 22 heavy (non-hydrogen) atoms. The smallest absolute Gasteiger partial charge is 0.257 e. The number of H-pyrrole nitrogens is 2. The zero-order valence-corrected chi connectivity index (χ0v) is 11.9. The van der Waals surface area contributed by atoms with Crippen LogP contribution in [0.15, 0.2) is 53.5 Å². The van der Waals surface area contributed by atoms with Crippen LogP contribution in [0.25, 0.3) is 33.1 Å². The van der Waals surface area contributed by atoms with Gasteiger partial charge in [0, 0.05) is 17.0 Å². The molecule has 3 aromatic heterocycles. The predicted octanol–water partition coefficient (Wildman–Crippen LogP) is 3.08. The van der Waals surface area contributed by atoms with Gasteiger partial charge in [-0.25, -0.2) is 4.98 Å². The molecule has 0 saturated heterocycles. The Kier molecular flexibility index (Phi) is 2.72. The highest BCUT2D eigenvalue weighted by molar-refractivity contribution is 5.88. The fourth-order valence-corrected chi connectivity index (χ4v) is 2.62. The first-order chi connectivity index (χ1) is 10.7. The first kappa shape index (κ1) is 12.6. The van der Waals surface area contributed by atoms with Crippen LogP contribution in [0.1, 0.15) is 0 Å². The summed E-state index contributed by atoms with van der Waals surface area (Å²) < 4.78 is 5.13. The van der Waals surface area contributed by atoms with Crippen LogP contribution >= 0.6 is 0 Å². The number of pyridine rings is 2. The van der Waals surface area contributed by atoms with Gasteiger partial charge in [0.1, 0.15) is 0 Å². The quantitative estimate of drug-likeness (QED) is 0.596. The van der Waals surface area contributed by atoms with Gasteiger partial charge in [-0.15, -0.1) is 0 Å². The standard InChI is InChI=1S/C17H13N3O2/c1-22-16-8-11-7-14(19-15(11)9-18-16)12-6-10-4-2-3-5-13(10)20-17(12)21/h2-9,19H,1H3,(H,20,21). The van der Waals surface area contributed by atoms with E-state index < -0.39 is 0 Å². The molecular formula is C17H13N3O2. The van der Waals surface area contributed by atoms with Crippen LogP contribution in [0.3, 0.4) is 0 Å². The Morgan fingerprint density at radius 1 is 1.00 bits per heavy atom. The predicted molar refractivity (Wildman–Crippen MR) is 86.2 cm³/mol. The lowest BCUT2D eigenvalue weighted by Crippen LogP contribution is -2.08. The monoisotopic (exact) mass is 291 g/mol. The maximum atomic E-state index is 12.3. The van der Waals surface area contributed by atoms with Crippen LogP contribution < -0.4 is 10.3 Å². The number of fused-ring (bicyclic) bond motifs is 2. The Morgan fingerprint density at radius 2 is 1.86 bits per heavy atom. The summed E-state index contributed by atoms with van der Waals surface area (Å²) in [5.74, 6) is 0.547. The normalized spacial score (nSPS) is 11.1. The molecule has 0 radical (unpaired) electrons. The number of hydrogen-bond donors (Lipinski definition) is 2. The average molecular weight is 291 g/mol. The highest BCUT2D eigenvalue weighted by Gasteiger charge is 2.09. The number of aromatic amines is 2. The number of para-hydroxylation sites is 1. The maximum Gasteiger partial charge on any atom is 0.257 e. The van der Waals surface area contributed by atoms with Crippen molar-refractivity contribution in [2.24, 2.45) is 0 Å². The molecule has 2 N–H and O–H groups in total. The molecule has 0 spiro atoms. The van der Waals surface area contributed by atoms with Crippen molar-refractivity contribution in [2.45, 2.75) is 0 Å². The molecule has 0 bridgehead atoms. The van der Waals surface area contributed by atoms with Crippen LogP contribution in [-0.4, -0.2) is 22.1 Å². The van der Waals surface area contributed by atoms with E-state index in [9.17, 15) is 4.79 Å². The summed E-state index contributed by atoms with van der Waals surface area (Å²) >= 11 is 0. The second-order valence-electron chi connectivity index (χ2n) is 5.10. The molecule has 3 heterocycles. The zero-order valence-electron chi connectivity index (χ0n) is 11.9. The van der Waals surface area contributed by atoms with Gasteiger partial charge in [0.25, 0.3) is 5.56 Å². The van der Waals surface area contributed by atoms with E-state index in [4.69, 9.17) is 4.74 Å². The van der Waals surface area contributed by atoms with Crippen molar-refractivity contribution in [3.05, 3.63) is 59.0 Å². The fourth-order valence-electron chi connectivity index (χ4n) is 2.62. The van der Waals surface area contributed by atoms with E-state index in [1.165, 1.54) is 0 Å². The van der Waals surface area contributed by atoms with Gasteiger partial charge in [-0.1, -0.05) is 18.2 Å². The summed E-state index contributed by atoms with van der Waals surface area (Å²) in [5.41, 5.74) is 2.94. The van der Waals surface area contributed by atoms with Crippen LogP contribution in [-0.2, 0) is 0 Å². The summed E-state index contributed by atoms with van der Waals surface area (Å²) in [6, 6.07) is 13.4. The Bertz CT molecular complexity index is 1050. The molecular weight excluding hydrogens is 278 g/mol. The maximum absolute atomic E-state index is 12.3. The average Bonchev–Trinajstić information content (AvgIpc) is 2.96. The molecule has 0 unspecified atom stereocenters. The second-order valence-corrected chi connectivity index (χ2v) is 5.10. The Balaban J connectivity index is 1.94. The summed E-state index contributed by atoms with van der Waals surface area (Å²) in [6.07, 6.45) is 1.70. The van der Waals surface area contributed by atoms with Crippen molar-refractivity contribution in [3.8, 4) is 17.1 Å². The molecule has 0 saturated carbocycles. The number of hydrogen-bond acceptors (Lipinski definition) is 3. The minimum absolute atomic E-state index is 0.120. The zero-order chi connectivity index (χ0) is 15.1. The van der Waals surface area contributed by atoms with Gasteiger partial charge in [0.05, 0.1) is 30.1 Å². The lowest BCUT2D eigenvalue weighted by molar-refractivity contribution is 0.399. The molecule has 0 fully saturated rings. The Labute approximate surface area is 125 Å². The van der Waals surface area contributed by atoms with Crippen molar-refractivity contribution >= 4 is 21.8 Å². The minimum atomic E-state index is -0.120. The van der Waals surface area contributed by atoms with Gasteiger partial charge in [-0.3, -0.25) is 4.79 Å². The summed E-state index contributed by atoms with van der Waals surface area (Å²) in [4.78, 5) is 22.6. The summed E-state index contributed by atoms with van der Waals surface area (Å²) in [5, 5.41) is 1.95. The molecule has 0 aliphatic carbocycles. The molecule has 0 aliphatic rings. The lowest BCUT2D eigenvalue weighted by atomic mass is 10.1. The van der Waals surface area contributed by atoms with Crippen molar-refractivity contribution in [1.29, 1.82) is 0 Å². The molecule has 1 aromatic carbocycles. The first-order valence-corrected chi connectivity index (χ1v) is 6.90. The van der Waals surface area contributed by atoms with E-state index >= 15 is 0 Å². The number of rotatable bonds is 2. The third kappa shape index (κ3) is 1.95. The van der Waals surface area contributed by atoms with E-state index in [0.717, 1.165) is 27.5 Å². The molecule has 4 rings (SSSR count). The summed E-state index contributed by atoms with van der Waals surface area (Å²) in [6.45, 7) is 0. The molecule has 0 aliphatic heterocycles. The SMILES string of the molecule is COc1cc2cc(-c3cc4ccccc4[nH]c3=O)[nH]c2cn1. The van der Waals surface area contributed by atoms with Gasteiger partial charge in [0.15, 0.2) is 0 Å². The van der Waals surface area contributed by atoms with Gasteiger partial charge in [0.2, 0.25) is 5.88 Å². The minimum Gasteiger partial charge on any atom is -0.481 e. The summed E-state index contributed by atoms with van der Waals surface area (Å²) in [7, 11) is 1.58. The molecule has 108 valence electrons. The van der Waals surface area contributed by atoms with Crippen LogP contribution in [0.2, 0.25) is 0 Å². The molecule has 5 heteroatoms. The van der Waals surface area contributed by atoms with E-state index in [1.54, 1.807) is 13.3 Å². The van der Waals surface area contributed by atoms with E-state index in [-0.39, 0.29) is 5.56 Å². The van der Waals surface area contributed by atoms with E-state index in [1.807, 2.05) is 42.5 Å². The third-order valence-corrected chi connectivity index (χ3v) is 3.73. The molecule has 4 aromatic rings. The molecule has 0 atom stereocenters. The highest BCUT2D eigenvalue weighted by Crippen LogP contribution is 2.25. The van der Waals surface area contributed by atoms with Gasteiger partial charge in [-0.2, -0.15) is 0 Å². The Hall–Kier alpha value is -3.08. The van der Waals surface area contributed by atoms with Gasteiger partial charge in [-0.05, 0) is 23.6 Å². The van der Waals surface area contributed by atoms with Crippen molar-refractivity contribution < 1.29 is 4.74 Å².